The number of pyridine rings is 1. The van der Waals surface area contributed by atoms with Crippen molar-refractivity contribution < 1.29 is 5.11 Å². The zero-order valence-corrected chi connectivity index (χ0v) is 11.7. The Morgan fingerprint density at radius 2 is 1.70 bits per heavy atom. The molecule has 0 fully saturated rings. The molecule has 0 amide bonds. The summed E-state index contributed by atoms with van der Waals surface area (Å²) in [4.78, 5) is 4.62. The molecular weight excluding hydrogens is 248 g/mol. The minimum Gasteiger partial charge on any atom is -0.386 e. The van der Waals surface area contributed by atoms with E-state index >= 15 is 0 Å². The van der Waals surface area contributed by atoms with Crippen LogP contribution in [0.25, 0.3) is 16.9 Å². The minimum atomic E-state index is -0.565. The fourth-order valence-electron chi connectivity index (χ4n) is 2.42. The maximum Gasteiger partial charge on any atom is 0.137 e. The van der Waals surface area contributed by atoms with Crippen molar-refractivity contribution in [1.82, 2.24) is 9.38 Å². The summed E-state index contributed by atoms with van der Waals surface area (Å²) >= 11 is 0. The zero-order chi connectivity index (χ0) is 14.1. The van der Waals surface area contributed by atoms with Crippen LogP contribution in [-0.4, -0.2) is 14.5 Å². The molecule has 1 unspecified atom stereocenters. The number of aliphatic hydroxyl groups is 1. The average Bonchev–Trinajstić information content (AvgIpc) is 2.86. The van der Waals surface area contributed by atoms with E-state index in [2.05, 4.69) is 4.98 Å². The van der Waals surface area contributed by atoms with Crippen LogP contribution in [0, 0.1) is 5.92 Å². The van der Waals surface area contributed by atoms with Gasteiger partial charge in [0.2, 0.25) is 0 Å². The number of fused-ring (bicyclic) bond motifs is 1. The lowest BCUT2D eigenvalue weighted by Crippen LogP contribution is -2.07. The van der Waals surface area contributed by atoms with Gasteiger partial charge in [-0.25, -0.2) is 4.98 Å². The number of hydrogen-bond acceptors (Lipinski definition) is 2. The van der Waals surface area contributed by atoms with Gasteiger partial charge >= 0.3 is 0 Å². The summed E-state index contributed by atoms with van der Waals surface area (Å²) in [6, 6.07) is 16.0. The molecule has 1 N–H and O–H groups in total. The van der Waals surface area contributed by atoms with E-state index < -0.39 is 6.10 Å². The number of hydrogen-bond donors (Lipinski definition) is 1. The van der Waals surface area contributed by atoms with Crippen molar-refractivity contribution in [2.24, 2.45) is 5.92 Å². The maximum absolute atomic E-state index is 10.5. The molecule has 102 valence electrons. The second-order valence-corrected chi connectivity index (χ2v) is 5.33. The lowest BCUT2D eigenvalue weighted by molar-refractivity contribution is 0.123. The average molecular weight is 266 g/mol. The summed E-state index contributed by atoms with van der Waals surface area (Å²) in [5, 5.41) is 10.5. The van der Waals surface area contributed by atoms with Gasteiger partial charge < -0.3 is 5.11 Å². The molecule has 2 heterocycles. The van der Waals surface area contributed by atoms with E-state index in [1.807, 2.05) is 73.0 Å². The highest BCUT2D eigenvalue weighted by molar-refractivity contribution is 5.67. The first-order chi connectivity index (χ1) is 9.68. The first-order valence-electron chi connectivity index (χ1n) is 6.89. The van der Waals surface area contributed by atoms with Crippen molar-refractivity contribution in [3.05, 3.63) is 60.4 Å². The number of nitrogens with zero attached hydrogens (tertiary/aromatic N) is 2. The maximum atomic E-state index is 10.5. The van der Waals surface area contributed by atoms with Crippen LogP contribution >= 0.6 is 0 Å². The lowest BCUT2D eigenvalue weighted by atomic mass is 10.00. The minimum absolute atomic E-state index is 0.127. The molecule has 0 saturated heterocycles. The summed E-state index contributed by atoms with van der Waals surface area (Å²) in [6.45, 7) is 4.01. The van der Waals surface area contributed by atoms with Crippen molar-refractivity contribution in [1.29, 1.82) is 0 Å². The van der Waals surface area contributed by atoms with E-state index in [0.717, 1.165) is 22.6 Å². The van der Waals surface area contributed by atoms with Gasteiger partial charge in [0.05, 0.1) is 11.4 Å². The molecule has 2 aromatic heterocycles. The van der Waals surface area contributed by atoms with Crippen molar-refractivity contribution in [3.8, 4) is 11.3 Å². The Morgan fingerprint density at radius 1 is 1.00 bits per heavy atom. The third kappa shape index (κ3) is 2.10. The van der Waals surface area contributed by atoms with E-state index in [9.17, 15) is 5.11 Å². The topological polar surface area (TPSA) is 37.5 Å². The Kier molecular flexibility index (Phi) is 3.28. The van der Waals surface area contributed by atoms with Crippen LogP contribution in [0.2, 0.25) is 0 Å². The van der Waals surface area contributed by atoms with E-state index in [1.165, 1.54) is 0 Å². The number of imidazole rings is 1. The highest BCUT2D eigenvalue weighted by Gasteiger charge is 2.22. The highest BCUT2D eigenvalue weighted by Crippen LogP contribution is 2.32. The first kappa shape index (κ1) is 12.9. The van der Waals surface area contributed by atoms with Gasteiger partial charge in [-0.05, 0) is 18.1 Å². The van der Waals surface area contributed by atoms with Crippen molar-refractivity contribution in [2.45, 2.75) is 20.0 Å². The normalized spacial score (nSPS) is 13.0. The molecule has 1 aromatic carbocycles. The van der Waals surface area contributed by atoms with Gasteiger partial charge in [0, 0.05) is 11.8 Å². The molecule has 3 rings (SSSR count). The van der Waals surface area contributed by atoms with Gasteiger partial charge in [-0.3, -0.25) is 4.40 Å². The third-order valence-corrected chi connectivity index (χ3v) is 3.52. The third-order valence-electron chi connectivity index (χ3n) is 3.52. The molecule has 0 spiro atoms. The van der Waals surface area contributed by atoms with Gasteiger partial charge in [-0.15, -0.1) is 0 Å². The molecule has 3 heteroatoms. The van der Waals surface area contributed by atoms with Crippen molar-refractivity contribution in [2.75, 3.05) is 0 Å². The van der Waals surface area contributed by atoms with E-state index in [4.69, 9.17) is 0 Å². The van der Waals surface area contributed by atoms with Crippen molar-refractivity contribution >= 4 is 5.65 Å². The molecule has 0 radical (unpaired) electrons. The predicted octanol–water partition coefficient (Wildman–Crippen LogP) is 3.69. The van der Waals surface area contributed by atoms with Gasteiger partial charge in [0.25, 0.3) is 0 Å². The number of rotatable bonds is 3. The van der Waals surface area contributed by atoms with Crippen LogP contribution in [0.1, 0.15) is 25.6 Å². The van der Waals surface area contributed by atoms with Gasteiger partial charge in [-0.1, -0.05) is 50.2 Å². The van der Waals surface area contributed by atoms with E-state index in [0.29, 0.717) is 0 Å². The Morgan fingerprint density at radius 3 is 2.40 bits per heavy atom. The van der Waals surface area contributed by atoms with Crippen LogP contribution in [-0.2, 0) is 0 Å². The van der Waals surface area contributed by atoms with E-state index in [1.54, 1.807) is 0 Å². The quantitative estimate of drug-likeness (QED) is 0.785. The Hall–Kier alpha value is -2.13. The van der Waals surface area contributed by atoms with Crippen LogP contribution < -0.4 is 0 Å². The van der Waals surface area contributed by atoms with Crippen LogP contribution in [0.4, 0.5) is 0 Å². The molecule has 0 aliphatic heterocycles. The summed E-state index contributed by atoms with van der Waals surface area (Å²) in [5.74, 6) is 0.127. The second kappa shape index (κ2) is 5.10. The predicted molar refractivity (Wildman–Crippen MR) is 80.4 cm³/mol. The molecule has 0 bridgehead atoms. The molecule has 3 nitrogen and oxygen atoms in total. The fourth-order valence-corrected chi connectivity index (χ4v) is 2.42. The lowest BCUT2D eigenvalue weighted by Gasteiger charge is -2.14. The molecule has 0 saturated carbocycles. The second-order valence-electron chi connectivity index (χ2n) is 5.33. The first-order valence-corrected chi connectivity index (χ1v) is 6.89. The summed E-state index contributed by atoms with van der Waals surface area (Å²) in [5.41, 5.74) is 3.65. The SMILES string of the molecule is CC(C)C(O)c1nc2ccccn2c1-c1ccccc1. The fraction of sp³-hybridized carbons (Fsp3) is 0.235. The molecule has 0 aliphatic carbocycles. The largest absolute Gasteiger partial charge is 0.386 e. The summed E-state index contributed by atoms with van der Waals surface area (Å²) in [6.07, 6.45) is 1.42. The van der Waals surface area contributed by atoms with Gasteiger partial charge in [0.15, 0.2) is 0 Å². The Bertz CT molecular complexity index is 716. The van der Waals surface area contributed by atoms with Gasteiger partial charge in [-0.2, -0.15) is 0 Å². The zero-order valence-electron chi connectivity index (χ0n) is 11.7. The van der Waals surface area contributed by atoms with Crippen LogP contribution in [0.5, 0.6) is 0 Å². The number of aromatic nitrogens is 2. The number of benzene rings is 1. The van der Waals surface area contributed by atoms with E-state index in [-0.39, 0.29) is 5.92 Å². The Labute approximate surface area is 118 Å². The molecular formula is C17H18N2O. The summed E-state index contributed by atoms with van der Waals surface area (Å²) < 4.78 is 2.04. The molecule has 0 aliphatic rings. The van der Waals surface area contributed by atoms with Gasteiger partial charge in [0.1, 0.15) is 11.8 Å². The standard InChI is InChI=1S/C17H18N2O/c1-12(2)17(20)15-16(13-8-4-3-5-9-13)19-11-7-6-10-14(19)18-15/h3-12,17,20H,1-2H3. The van der Waals surface area contributed by atoms with Crippen LogP contribution in [0.3, 0.4) is 0 Å². The Balaban J connectivity index is 2.29. The van der Waals surface area contributed by atoms with Crippen LogP contribution in [0.15, 0.2) is 54.7 Å². The molecule has 1 atom stereocenters. The number of aliphatic hydroxyl groups excluding tert-OH is 1. The summed E-state index contributed by atoms with van der Waals surface area (Å²) in [7, 11) is 0. The monoisotopic (exact) mass is 266 g/mol. The molecule has 3 aromatic rings. The smallest absolute Gasteiger partial charge is 0.137 e. The van der Waals surface area contributed by atoms with Crippen molar-refractivity contribution in [3.63, 3.8) is 0 Å². The highest BCUT2D eigenvalue weighted by atomic mass is 16.3. The molecule has 20 heavy (non-hydrogen) atoms.